The van der Waals surface area contributed by atoms with Gasteiger partial charge in [-0.25, -0.2) is 0 Å². The molecule has 0 saturated heterocycles. The van der Waals surface area contributed by atoms with E-state index in [0.29, 0.717) is 17.5 Å². The van der Waals surface area contributed by atoms with Crippen molar-refractivity contribution >= 4 is 11.4 Å². The first-order valence-electron chi connectivity index (χ1n) is 11.0. The lowest BCUT2D eigenvalue weighted by molar-refractivity contribution is -0.0928. The van der Waals surface area contributed by atoms with E-state index < -0.39 is 11.7 Å². The van der Waals surface area contributed by atoms with Crippen LogP contribution in [0.5, 0.6) is 0 Å². The molecular formula is C27H35F3N2. The molecule has 0 N–H and O–H groups in total. The van der Waals surface area contributed by atoms with E-state index >= 15 is 0 Å². The van der Waals surface area contributed by atoms with Crippen LogP contribution in [0.3, 0.4) is 0 Å². The van der Waals surface area contributed by atoms with Gasteiger partial charge in [0.2, 0.25) is 0 Å². The van der Waals surface area contributed by atoms with E-state index in [0.717, 1.165) is 35.3 Å². The Labute approximate surface area is 191 Å². The van der Waals surface area contributed by atoms with E-state index in [4.69, 9.17) is 0 Å². The zero-order valence-corrected chi connectivity index (χ0v) is 20.1. The zero-order chi connectivity index (χ0) is 24.2. The van der Waals surface area contributed by atoms with Gasteiger partial charge in [-0.3, -0.25) is 0 Å². The first-order valence-corrected chi connectivity index (χ1v) is 11.0. The Kier molecular flexibility index (Phi) is 8.22. The molecule has 174 valence electrons. The highest BCUT2D eigenvalue weighted by atomic mass is 19.4. The largest absolute Gasteiger partial charge is 0.412 e. The smallest absolute Gasteiger partial charge is 0.346 e. The second kappa shape index (κ2) is 10.3. The Hall–Kier alpha value is -2.69. The number of nitrogens with zero attached hydrogens (tertiary/aromatic N) is 2. The minimum Gasteiger partial charge on any atom is -0.346 e. The topological polar surface area (TPSA) is 6.48 Å². The Morgan fingerprint density at radius 2 is 1.78 bits per heavy atom. The van der Waals surface area contributed by atoms with Crippen molar-refractivity contribution in [3.63, 3.8) is 0 Å². The molecule has 0 heterocycles. The molecule has 1 atom stereocenters. The molecule has 0 spiro atoms. The average Bonchev–Trinajstić information content (AvgIpc) is 2.99. The van der Waals surface area contributed by atoms with E-state index in [1.807, 2.05) is 24.9 Å². The van der Waals surface area contributed by atoms with Gasteiger partial charge in [-0.05, 0) is 67.5 Å². The Morgan fingerprint density at radius 3 is 2.31 bits per heavy atom. The summed E-state index contributed by atoms with van der Waals surface area (Å²) in [6, 6.07) is 6.27. The summed E-state index contributed by atoms with van der Waals surface area (Å²) >= 11 is 0. The first-order chi connectivity index (χ1) is 14.9. The first kappa shape index (κ1) is 25.6. The molecule has 0 saturated carbocycles. The number of anilines is 1. The molecule has 1 aromatic carbocycles. The lowest BCUT2D eigenvalue weighted by atomic mass is 9.87. The minimum absolute atomic E-state index is 0.137. The van der Waals surface area contributed by atoms with Crippen LogP contribution < -0.4 is 4.90 Å². The zero-order valence-electron chi connectivity index (χ0n) is 20.1. The van der Waals surface area contributed by atoms with Gasteiger partial charge in [0.15, 0.2) is 0 Å². The quantitative estimate of drug-likeness (QED) is 0.400. The highest BCUT2D eigenvalue weighted by molar-refractivity contribution is 5.70. The van der Waals surface area contributed by atoms with Crippen molar-refractivity contribution in [1.82, 2.24) is 4.90 Å². The number of likely N-dealkylation sites (N-methyl/N-ethyl adjacent to an activating group) is 1. The van der Waals surface area contributed by atoms with Crippen LogP contribution >= 0.6 is 0 Å². The fourth-order valence-corrected chi connectivity index (χ4v) is 3.75. The normalized spacial score (nSPS) is 15.1. The standard InChI is InChI=1S/C27H35F3N2/c1-9-32(19(4)5)26-16-13-22(17-25(26)20(6)18(2)3)21(7)31(8)24-12-10-11-23(14-15-24)27(28,29)30/h10,12-18,20H,4,7,9,11H2,1-3,5-6,8H3. The third-order valence-electron chi connectivity index (χ3n) is 6.16. The summed E-state index contributed by atoms with van der Waals surface area (Å²) in [6.45, 7) is 19.9. The van der Waals surface area contributed by atoms with Crippen molar-refractivity contribution in [3.05, 3.63) is 83.8 Å². The lowest BCUT2D eigenvalue weighted by Crippen LogP contribution is -2.22. The van der Waals surface area contributed by atoms with E-state index in [1.54, 1.807) is 12.2 Å². The van der Waals surface area contributed by atoms with Crippen LogP contribution in [0.15, 0.2) is 72.6 Å². The maximum Gasteiger partial charge on any atom is 0.412 e. The number of rotatable bonds is 8. The van der Waals surface area contributed by atoms with Crippen LogP contribution in [0, 0.1) is 5.92 Å². The summed E-state index contributed by atoms with van der Waals surface area (Å²) in [5.74, 6) is 0.753. The van der Waals surface area contributed by atoms with Crippen LogP contribution in [0.1, 0.15) is 58.1 Å². The van der Waals surface area contributed by atoms with Gasteiger partial charge >= 0.3 is 6.18 Å². The Bertz CT molecular complexity index is 948. The van der Waals surface area contributed by atoms with E-state index in [1.165, 1.54) is 11.6 Å². The van der Waals surface area contributed by atoms with Crippen LogP contribution in [0.25, 0.3) is 5.70 Å². The molecule has 0 amide bonds. The van der Waals surface area contributed by atoms with Gasteiger partial charge in [-0.1, -0.05) is 52.1 Å². The van der Waals surface area contributed by atoms with Gasteiger partial charge < -0.3 is 9.80 Å². The molecule has 0 bridgehead atoms. The summed E-state index contributed by atoms with van der Waals surface area (Å²) in [4.78, 5) is 4.03. The number of halogens is 3. The van der Waals surface area contributed by atoms with E-state index in [9.17, 15) is 13.2 Å². The molecule has 1 aliphatic carbocycles. The van der Waals surface area contributed by atoms with Crippen LogP contribution in [-0.2, 0) is 0 Å². The number of hydrogen-bond donors (Lipinski definition) is 0. The third kappa shape index (κ3) is 5.76. The number of benzene rings is 1. The molecule has 1 aliphatic rings. The minimum atomic E-state index is -4.32. The highest BCUT2D eigenvalue weighted by Gasteiger charge is 2.32. The number of allylic oxidation sites excluding steroid dienone is 6. The number of hydrogen-bond acceptors (Lipinski definition) is 2. The molecule has 0 radical (unpaired) electrons. The Balaban J connectivity index is 2.45. The molecular weight excluding hydrogens is 409 g/mol. The molecule has 5 heteroatoms. The SMILES string of the molecule is C=C(c1ccc(N(CC)C(=C)C)c(C(C)C(C)C)c1)N(C)C1=CC=C(C(F)(F)F)CC=C1. The third-order valence-corrected chi connectivity index (χ3v) is 6.16. The van der Waals surface area contributed by atoms with E-state index in [-0.39, 0.29) is 6.42 Å². The monoisotopic (exact) mass is 444 g/mol. The van der Waals surface area contributed by atoms with Gasteiger partial charge in [0.25, 0.3) is 0 Å². The summed E-state index contributed by atoms with van der Waals surface area (Å²) in [5, 5.41) is 0. The predicted molar refractivity (Wildman–Crippen MR) is 130 cm³/mol. The molecule has 32 heavy (non-hydrogen) atoms. The fraction of sp³-hybridized carbons (Fsp3) is 0.407. The summed E-state index contributed by atoms with van der Waals surface area (Å²) in [6.07, 6.45) is 1.46. The Morgan fingerprint density at radius 1 is 1.12 bits per heavy atom. The molecule has 2 rings (SSSR count). The molecule has 0 aromatic heterocycles. The summed E-state index contributed by atoms with van der Waals surface area (Å²) in [5.41, 5.74) is 5.10. The van der Waals surface area contributed by atoms with Gasteiger partial charge in [0, 0.05) is 41.9 Å². The van der Waals surface area contributed by atoms with Crippen molar-refractivity contribution in [1.29, 1.82) is 0 Å². The van der Waals surface area contributed by atoms with Crippen LogP contribution in [0.4, 0.5) is 18.9 Å². The molecule has 1 aromatic rings. The second-order valence-electron chi connectivity index (χ2n) is 8.68. The van der Waals surface area contributed by atoms with E-state index in [2.05, 4.69) is 57.9 Å². The van der Waals surface area contributed by atoms with Crippen LogP contribution in [-0.4, -0.2) is 24.7 Å². The predicted octanol–water partition coefficient (Wildman–Crippen LogP) is 8.04. The fourth-order valence-electron chi connectivity index (χ4n) is 3.75. The maximum atomic E-state index is 13.1. The summed E-state index contributed by atoms with van der Waals surface area (Å²) < 4.78 is 39.2. The van der Waals surface area contributed by atoms with Crippen molar-refractivity contribution in [3.8, 4) is 0 Å². The molecule has 0 aliphatic heterocycles. The molecule has 2 nitrogen and oxygen atoms in total. The molecule has 1 unspecified atom stereocenters. The van der Waals surface area contributed by atoms with Crippen molar-refractivity contribution in [2.24, 2.45) is 5.92 Å². The van der Waals surface area contributed by atoms with Crippen molar-refractivity contribution in [2.75, 3.05) is 18.5 Å². The molecule has 0 fully saturated rings. The van der Waals surface area contributed by atoms with Gasteiger partial charge in [-0.2, -0.15) is 13.2 Å². The second-order valence-corrected chi connectivity index (χ2v) is 8.68. The maximum absolute atomic E-state index is 13.1. The van der Waals surface area contributed by atoms with Crippen LogP contribution in [0.2, 0.25) is 0 Å². The van der Waals surface area contributed by atoms with Gasteiger partial charge in [-0.15, -0.1) is 0 Å². The van der Waals surface area contributed by atoms with Gasteiger partial charge in [0.05, 0.1) is 0 Å². The summed E-state index contributed by atoms with van der Waals surface area (Å²) in [7, 11) is 1.83. The average molecular weight is 445 g/mol. The lowest BCUT2D eigenvalue weighted by Gasteiger charge is -2.31. The number of alkyl halides is 3. The van der Waals surface area contributed by atoms with Crippen molar-refractivity contribution in [2.45, 2.75) is 53.1 Å². The van der Waals surface area contributed by atoms with Crippen molar-refractivity contribution < 1.29 is 13.2 Å². The highest BCUT2D eigenvalue weighted by Crippen LogP contribution is 2.37. The van der Waals surface area contributed by atoms with Gasteiger partial charge in [0.1, 0.15) is 0 Å².